The molecule has 0 spiro atoms. The van der Waals surface area contributed by atoms with E-state index >= 15 is 0 Å². The molecule has 6 nitrogen and oxygen atoms in total. The highest BCUT2D eigenvalue weighted by molar-refractivity contribution is 7.85. The van der Waals surface area contributed by atoms with E-state index in [9.17, 15) is 13.2 Å². The molecule has 28 heavy (non-hydrogen) atoms. The Hall–Kier alpha value is -1.08. The van der Waals surface area contributed by atoms with Crippen LogP contribution in [0.25, 0.3) is 0 Å². The number of carbonyl (C=O) groups excluding carboxylic acids is 1. The van der Waals surface area contributed by atoms with Crippen molar-refractivity contribution in [2.45, 2.75) is 103 Å². The molecule has 1 amide bonds. The van der Waals surface area contributed by atoms with Crippen molar-refractivity contribution in [3.63, 3.8) is 0 Å². The van der Waals surface area contributed by atoms with Crippen LogP contribution in [0.3, 0.4) is 0 Å². The van der Waals surface area contributed by atoms with E-state index in [1.54, 1.807) is 0 Å². The predicted molar refractivity (Wildman–Crippen MR) is 111 cm³/mol. The lowest BCUT2D eigenvalue weighted by molar-refractivity contribution is 0.143. The Morgan fingerprint density at radius 3 is 2.14 bits per heavy atom. The lowest BCUT2D eigenvalue weighted by Crippen LogP contribution is -2.36. The van der Waals surface area contributed by atoms with Gasteiger partial charge in [0.1, 0.15) is 6.10 Å². The molecule has 2 rings (SSSR count). The van der Waals surface area contributed by atoms with Crippen LogP contribution in [0.15, 0.2) is 11.1 Å². The fraction of sp³-hybridized carbons (Fsp3) is 0.857. The van der Waals surface area contributed by atoms with E-state index < -0.39 is 22.3 Å². The van der Waals surface area contributed by atoms with Crippen molar-refractivity contribution < 1.29 is 22.1 Å². The quantitative estimate of drug-likeness (QED) is 0.222. The highest BCUT2D eigenvalue weighted by atomic mass is 32.2. The van der Waals surface area contributed by atoms with Gasteiger partial charge in [0.05, 0.1) is 18.9 Å². The van der Waals surface area contributed by atoms with Gasteiger partial charge in [-0.05, 0) is 24.8 Å². The van der Waals surface area contributed by atoms with Gasteiger partial charge < -0.3 is 10.1 Å². The van der Waals surface area contributed by atoms with Crippen LogP contribution in [0, 0.1) is 0 Å². The van der Waals surface area contributed by atoms with Crippen molar-refractivity contribution in [1.82, 2.24) is 5.32 Å². The monoisotopic (exact) mass is 415 g/mol. The molecule has 0 saturated carbocycles. The zero-order chi connectivity index (χ0) is 20.4. The van der Waals surface area contributed by atoms with Crippen LogP contribution >= 0.6 is 0 Å². The molecule has 1 aliphatic heterocycles. The minimum Gasteiger partial charge on any atom is -0.439 e. The number of alkyl carbamates (subject to hydrolysis) is 1. The second kappa shape index (κ2) is 11.8. The Bertz CT molecular complexity index is 629. The summed E-state index contributed by atoms with van der Waals surface area (Å²) in [4.78, 5) is 11.5. The second-order valence-corrected chi connectivity index (χ2v) is 9.80. The Morgan fingerprint density at radius 1 is 1.00 bits per heavy atom. The molecule has 0 radical (unpaired) electrons. The number of amides is 1. The van der Waals surface area contributed by atoms with E-state index in [0.717, 1.165) is 24.7 Å². The molecule has 7 heteroatoms. The van der Waals surface area contributed by atoms with E-state index in [1.807, 2.05) is 0 Å². The van der Waals surface area contributed by atoms with Crippen LogP contribution in [0.5, 0.6) is 0 Å². The molecule has 0 aromatic heterocycles. The summed E-state index contributed by atoms with van der Waals surface area (Å²) in [7, 11) is -3.53. The Kier molecular flexibility index (Phi) is 9.79. The predicted octanol–water partition coefficient (Wildman–Crippen LogP) is 4.84. The van der Waals surface area contributed by atoms with E-state index in [4.69, 9.17) is 8.92 Å². The molecule has 2 aliphatic rings. The molecular weight excluding hydrogens is 378 g/mol. The first kappa shape index (κ1) is 23.2. The molecule has 1 heterocycles. The van der Waals surface area contributed by atoms with Gasteiger partial charge in [-0.15, -0.1) is 0 Å². The zero-order valence-electron chi connectivity index (χ0n) is 17.5. The molecule has 1 aliphatic carbocycles. The van der Waals surface area contributed by atoms with Crippen LogP contribution in [-0.2, 0) is 19.0 Å². The van der Waals surface area contributed by atoms with Gasteiger partial charge in [0.2, 0.25) is 0 Å². The lowest BCUT2D eigenvalue weighted by atomic mass is 10.0. The first-order valence-corrected chi connectivity index (χ1v) is 12.7. The molecule has 0 unspecified atom stereocenters. The van der Waals surface area contributed by atoms with E-state index in [1.165, 1.54) is 76.2 Å². The Morgan fingerprint density at radius 2 is 1.57 bits per heavy atom. The molecule has 1 N–H and O–H groups in total. The van der Waals surface area contributed by atoms with Gasteiger partial charge in [-0.1, -0.05) is 76.7 Å². The Balaban J connectivity index is 1.55. The second-order valence-electron chi connectivity index (χ2n) is 8.16. The standard InChI is InChI=1S/C21H37NO5S/c1-3-4-5-6-7-8-9-10-11-12-13-14-17-15-18(17)20-19(22-21(23)27-20)16-26-28(2,24)25/h19-20H,3-16H2,1-2H3,(H,22,23)/t19-,20+/m0/s1. The van der Waals surface area contributed by atoms with E-state index in [-0.39, 0.29) is 12.7 Å². The minimum atomic E-state index is -3.53. The summed E-state index contributed by atoms with van der Waals surface area (Å²) in [5.41, 5.74) is 2.51. The number of hydrogen-bond donors (Lipinski definition) is 1. The van der Waals surface area contributed by atoms with Crippen molar-refractivity contribution in [3.05, 3.63) is 11.1 Å². The number of rotatable bonds is 16. The maximum atomic E-state index is 11.5. The number of nitrogens with one attached hydrogen (secondary N) is 1. The van der Waals surface area contributed by atoms with E-state index in [0.29, 0.717) is 0 Å². The third-order valence-electron chi connectivity index (χ3n) is 5.52. The van der Waals surface area contributed by atoms with Crippen molar-refractivity contribution in [2.24, 2.45) is 0 Å². The fourth-order valence-electron chi connectivity index (χ4n) is 3.84. The van der Waals surface area contributed by atoms with Crippen molar-refractivity contribution in [3.8, 4) is 0 Å². The molecule has 1 saturated heterocycles. The first-order valence-electron chi connectivity index (χ1n) is 10.9. The molecule has 0 bridgehead atoms. The average molecular weight is 416 g/mol. The highest BCUT2D eigenvalue weighted by Crippen LogP contribution is 2.41. The van der Waals surface area contributed by atoms with Crippen LogP contribution in [-0.4, -0.2) is 39.5 Å². The molecule has 1 fully saturated rings. The third-order valence-corrected chi connectivity index (χ3v) is 6.09. The molecular formula is C21H37NO5S. The van der Waals surface area contributed by atoms with Gasteiger partial charge >= 0.3 is 6.09 Å². The van der Waals surface area contributed by atoms with Gasteiger partial charge in [-0.25, -0.2) is 4.79 Å². The summed E-state index contributed by atoms with van der Waals surface area (Å²) in [6, 6.07) is -0.424. The topological polar surface area (TPSA) is 81.7 Å². The minimum absolute atomic E-state index is 0.0789. The van der Waals surface area contributed by atoms with Gasteiger partial charge in [0, 0.05) is 0 Å². The Labute approximate surface area is 170 Å². The lowest BCUT2D eigenvalue weighted by Gasteiger charge is -2.13. The van der Waals surface area contributed by atoms with Gasteiger partial charge in [-0.2, -0.15) is 8.42 Å². The highest BCUT2D eigenvalue weighted by Gasteiger charge is 2.42. The van der Waals surface area contributed by atoms with Crippen LogP contribution in [0.4, 0.5) is 4.79 Å². The maximum absolute atomic E-state index is 11.5. The zero-order valence-corrected chi connectivity index (χ0v) is 18.3. The normalized spacial score (nSPS) is 21.7. The van der Waals surface area contributed by atoms with Crippen LogP contribution < -0.4 is 5.32 Å². The molecule has 162 valence electrons. The van der Waals surface area contributed by atoms with Crippen LogP contribution in [0.2, 0.25) is 0 Å². The van der Waals surface area contributed by atoms with Gasteiger partial charge in [-0.3, -0.25) is 4.18 Å². The van der Waals surface area contributed by atoms with Gasteiger partial charge in [0.15, 0.2) is 0 Å². The smallest absolute Gasteiger partial charge is 0.408 e. The van der Waals surface area contributed by atoms with Crippen molar-refractivity contribution in [1.29, 1.82) is 0 Å². The van der Waals surface area contributed by atoms with E-state index in [2.05, 4.69) is 12.2 Å². The van der Waals surface area contributed by atoms with Crippen molar-refractivity contribution in [2.75, 3.05) is 12.9 Å². The number of carbonyl (C=O) groups is 1. The maximum Gasteiger partial charge on any atom is 0.408 e. The molecule has 2 atom stereocenters. The summed E-state index contributed by atoms with van der Waals surface area (Å²) in [5.74, 6) is 0. The number of cyclic esters (lactones) is 1. The third kappa shape index (κ3) is 8.95. The fourth-order valence-corrected chi connectivity index (χ4v) is 4.23. The average Bonchev–Trinajstić information content (AvgIpc) is 3.30. The summed E-state index contributed by atoms with van der Waals surface area (Å²) >= 11 is 0. The van der Waals surface area contributed by atoms with Gasteiger partial charge in [0.25, 0.3) is 10.1 Å². The number of unbranched alkanes of at least 4 members (excludes halogenated alkanes) is 10. The number of allylic oxidation sites excluding steroid dienone is 1. The summed E-state index contributed by atoms with van der Waals surface area (Å²) in [6.45, 7) is 2.17. The number of hydrogen-bond acceptors (Lipinski definition) is 5. The summed E-state index contributed by atoms with van der Waals surface area (Å²) in [5, 5.41) is 2.65. The summed E-state index contributed by atoms with van der Waals surface area (Å²) < 4.78 is 32.5. The number of ether oxygens (including phenoxy) is 1. The SMILES string of the molecule is CCCCCCCCCCCCCC1=C([C@H]2OC(=O)N[C@H]2COS(C)(=O)=O)C1. The summed E-state index contributed by atoms with van der Waals surface area (Å²) in [6.07, 6.45) is 16.7. The van der Waals surface area contributed by atoms with Crippen LogP contribution in [0.1, 0.15) is 90.4 Å². The molecule has 0 aromatic rings. The van der Waals surface area contributed by atoms with Crippen molar-refractivity contribution >= 4 is 16.2 Å². The first-order chi connectivity index (χ1) is 13.4. The molecule has 0 aromatic carbocycles. The largest absolute Gasteiger partial charge is 0.439 e.